The summed E-state index contributed by atoms with van der Waals surface area (Å²) in [6.07, 6.45) is 7.84. The molecular weight excluding hydrogens is 251 g/mol. The summed E-state index contributed by atoms with van der Waals surface area (Å²) in [6, 6.07) is 5.48. The van der Waals surface area contributed by atoms with Crippen molar-refractivity contribution >= 4 is 5.69 Å². The largest absolute Gasteiger partial charge is 0.371 e. The van der Waals surface area contributed by atoms with Crippen molar-refractivity contribution in [1.82, 2.24) is 0 Å². The summed E-state index contributed by atoms with van der Waals surface area (Å²) >= 11 is 0. The molecule has 0 radical (unpaired) electrons. The molecule has 2 N–H and O–H groups in total. The highest BCUT2D eigenvalue weighted by molar-refractivity contribution is 5.54. The number of anilines is 1. The quantitative estimate of drug-likeness (QED) is 0.905. The van der Waals surface area contributed by atoms with Crippen LogP contribution < -0.4 is 10.6 Å². The topological polar surface area (TPSA) is 29.3 Å². The Kier molecular flexibility index (Phi) is 5.84. The van der Waals surface area contributed by atoms with Crippen LogP contribution in [-0.2, 0) is 6.42 Å². The zero-order valence-electron chi connectivity index (χ0n) is 12.6. The number of rotatable bonds is 4. The van der Waals surface area contributed by atoms with Gasteiger partial charge in [0.2, 0.25) is 0 Å². The fourth-order valence-electron chi connectivity index (χ4n) is 2.94. The van der Waals surface area contributed by atoms with Crippen LogP contribution in [0.25, 0.3) is 0 Å². The van der Waals surface area contributed by atoms with Crippen molar-refractivity contribution in [3.8, 4) is 0 Å². The van der Waals surface area contributed by atoms with Crippen LogP contribution in [0, 0.1) is 5.82 Å². The van der Waals surface area contributed by atoms with Gasteiger partial charge in [-0.3, -0.25) is 0 Å². The van der Waals surface area contributed by atoms with Crippen LogP contribution in [0.4, 0.5) is 10.1 Å². The van der Waals surface area contributed by atoms with Gasteiger partial charge in [-0.1, -0.05) is 32.3 Å². The molecule has 2 rings (SSSR count). The predicted octanol–water partition coefficient (Wildman–Crippen LogP) is 3.88. The van der Waals surface area contributed by atoms with Crippen LogP contribution in [0.2, 0.25) is 0 Å². The molecule has 0 aromatic heterocycles. The third-order valence-electron chi connectivity index (χ3n) is 4.28. The number of benzene rings is 1. The van der Waals surface area contributed by atoms with E-state index >= 15 is 0 Å². The summed E-state index contributed by atoms with van der Waals surface area (Å²) in [5.74, 6) is -0.103. The van der Waals surface area contributed by atoms with E-state index in [4.69, 9.17) is 5.73 Å². The highest BCUT2D eigenvalue weighted by Crippen LogP contribution is 2.27. The lowest BCUT2D eigenvalue weighted by molar-refractivity contribution is 0.547. The Morgan fingerprint density at radius 1 is 1.15 bits per heavy atom. The van der Waals surface area contributed by atoms with Gasteiger partial charge in [0.25, 0.3) is 0 Å². The minimum atomic E-state index is -0.103. The van der Waals surface area contributed by atoms with Gasteiger partial charge in [0.1, 0.15) is 5.82 Å². The van der Waals surface area contributed by atoms with Crippen molar-refractivity contribution in [3.05, 3.63) is 29.6 Å². The van der Waals surface area contributed by atoms with E-state index in [9.17, 15) is 4.39 Å². The van der Waals surface area contributed by atoms with Crippen LogP contribution in [0.5, 0.6) is 0 Å². The van der Waals surface area contributed by atoms with Crippen molar-refractivity contribution < 1.29 is 4.39 Å². The predicted molar refractivity (Wildman–Crippen MR) is 83.7 cm³/mol. The molecule has 1 heterocycles. The molecule has 3 heteroatoms. The number of nitrogens with zero attached hydrogens (tertiary/aromatic N) is 1. The molecule has 1 unspecified atom stereocenters. The summed E-state index contributed by atoms with van der Waals surface area (Å²) in [5, 5.41) is 0. The zero-order chi connectivity index (χ0) is 14.4. The molecule has 20 heavy (non-hydrogen) atoms. The van der Waals surface area contributed by atoms with Gasteiger partial charge in [-0.2, -0.15) is 0 Å². The van der Waals surface area contributed by atoms with Crippen LogP contribution in [0.15, 0.2) is 18.2 Å². The minimum Gasteiger partial charge on any atom is -0.371 e. The molecule has 0 aliphatic carbocycles. The van der Waals surface area contributed by atoms with Crippen LogP contribution in [0.3, 0.4) is 0 Å². The average molecular weight is 278 g/mol. The van der Waals surface area contributed by atoms with Gasteiger partial charge in [-0.25, -0.2) is 4.39 Å². The number of nitrogens with two attached hydrogens (primary N) is 1. The molecule has 0 amide bonds. The molecule has 1 aliphatic heterocycles. The molecule has 0 bridgehead atoms. The number of halogens is 1. The van der Waals surface area contributed by atoms with E-state index in [0.717, 1.165) is 30.8 Å². The van der Waals surface area contributed by atoms with Crippen LogP contribution >= 0.6 is 0 Å². The molecule has 2 nitrogen and oxygen atoms in total. The standard InChI is InChI=1S/C17H27FN2/c1-2-14(19)13-15-16(18)9-8-10-17(15)20-11-6-4-3-5-7-12-20/h8-10,14H,2-7,11-13,19H2,1H3. The summed E-state index contributed by atoms with van der Waals surface area (Å²) in [5.41, 5.74) is 7.92. The molecule has 1 aromatic carbocycles. The Bertz CT molecular complexity index is 411. The van der Waals surface area contributed by atoms with Gasteiger partial charge >= 0.3 is 0 Å². The van der Waals surface area contributed by atoms with E-state index in [2.05, 4.69) is 17.9 Å². The van der Waals surface area contributed by atoms with Crippen molar-refractivity contribution in [2.45, 2.75) is 57.9 Å². The molecule has 0 saturated carbocycles. The summed E-state index contributed by atoms with van der Waals surface area (Å²) in [4.78, 5) is 2.36. The summed E-state index contributed by atoms with van der Waals surface area (Å²) in [6.45, 7) is 4.14. The molecule has 1 atom stereocenters. The Morgan fingerprint density at radius 2 is 1.80 bits per heavy atom. The van der Waals surface area contributed by atoms with Crippen molar-refractivity contribution in [2.24, 2.45) is 5.73 Å². The minimum absolute atomic E-state index is 0.0420. The summed E-state index contributed by atoms with van der Waals surface area (Å²) < 4.78 is 14.2. The first-order chi connectivity index (χ1) is 9.72. The number of hydrogen-bond acceptors (Lipinski definition) is 2. The van der Waals surface area contributed by atoms with Gasteiger partial charge in [0, 0.05) is 30.4 Å². The molecule has 1 saturated heterocycles. The molecule has 0 spiro atoms. The van der Waals surface area contributed by atoms with E-state index in [1.165, 1.54) is 32.1 Å². The highest BCUT2D eigenvalue weighted by atomic mass is 19.1. The van der Waals surface area contributed by atoms with E-state index in [1.54, 1.807) is 6.07 Å². The Hall–Kier alpha value is -1.09. The van der Waals surface area contributed by atoms with Crippen LogP contribution in [0.1, 0.15) is 51.0 Å². The third-order valence-corrected chi connectivity index (χ3v) is 4.28. The maximum atomic E-state index is 14.2. The lowest BCUT2D eigenvalue weighted by atomic mass is 10.00. The smallest absolute Gasteiger partial charge is 0.128 e. The van der Waals surface area contributed by atoms with Gasteiger partial charge in [-0.15, -0.1) is 0 Å². The molecule has 112 valence electrons. The number of hydrogen-bond donors (Lipinski definition) is 1. The fourth-order valence-corrected chi connectivity index (χ4v) is 2.94. The fraction of sp³-hybridized carbons (Fsp3) is 0.647. The second-order valence-electron chi connectivity index (χ2n) is 5.86. The Labute approximate surface area is 122 Å². The van der Waals surface area contributed by atoms with Crippen LogP contribution in [-0.4, -0.2) is 19.1 Å². The van der Waals surface area contributed by atoms with Crippen molar-refractivity contribution in [2.75, 3.05) is 18.0 Å². The Morgan fingerprint density at radius 3 is 2.45 bits per heavy atom. The van der Waals surface area contributed by atoms with E-state index in [1.807, 2.05) is 6.07 Å². The third kappa shape index (κ3) is 3.95. The maximum absolute atomic E-state index is 14.2. The molecular formula is C17H27FN2. The lowest BCUT2D eigenvalue weighted by Gasteiger charge is -2.29. The van der Waals surface area contributed by atoms with E-state index in [-0.39, 0.29) is 11.9 Å². The molecule has 1 aromatic rings. The van der Waals surface area contributed by atoms with Gasteiger partial charge in [0.15, 0.2) is 0 Å². The van der Waals surface area contributed by atoms with Crippen molar-refractivity contribution in [3.63, 3.8) is 0 Å². The van der Waals surface area contributed by atoms with Gasteiger partial charge in [-0.05, 0) is 37.8 Å². The average Bonchev–Trinajstić information content (AvgIpc) is 2.41. The van der Waals surface area contributed by atoms with Gasteiger partial charge in [0.05, 0.1) is 0 Å². The van der Waals surface area contributed by atoms with E-state index in [0.29, 0.717) is 6.42 Å². The maximum Gasteiger partial charge on any atom is 0.128 e. The molecule has 1 aliphatic rings. The second-order valence-corrected chi connectivity index (χ2v) is 5.86. The lowest BCUT2D eigenvalue weighted by Crippen LogP contribution is -2.30. The SMILES string of the molecule is CCC(N)Cc1c(F)cccc1N1CCCCCCC1. The van der Waals surface area contributed by atoms with E-state index < -0.39 is 0 Å². The first-order valence-electron chi connectivity index (χ1n) is 8.00. The summed E-state index contributed by atoms with van der Waals surface area (Å²) in [7, 11) is 0. The monoisotopic (exact) mass is 278 g/mol. The Balaban J connectivity index is 2.22. The van der Waals surface area contributed by atoms with Crippen molar-refractivity contribution in [1.29, 1.82) is 0 Å². The molecule has 1 fully saturated rings. The zero-order valence-corrected chi connectivity index (χ0v) is 12.6. The highest BCUT2D eigenvalue weighted by Gasteiger charge is 2.17. The van der Waals surface area contributed by atoms with Gasteiger partial charge < -0.3 is 10.6 Å². The first-order valence-corrected chi connectivity index (χ1v) is 8.00. The normalized spacial score (nSPS) is 18.4. The second kappa shape index (κ2) is 7.63. The first kappa shape index (κ1) is 15.3.